The number of hydrogen-bond donors (Lipinski definition) is 0. The summed E-state index contributed by atoms with van der Waals surface area (Å²) in [7, 11) is 0. The second-order valence-corrected chi connectivity index (χ2v) is 9.78. The van der Waals surface area contributed by atoms with Gasteiger partial charge >= 0.3 is 0 Å². The van der Waals surface area contributed by atoms with Crippen molar-refractivity contribution in [1.82, 2.24) is 4.90 Å². The van der Waals surface area contributed by atoms with Gasteiger partial charge in [-0.1, -0.05) is 71.8 Å². The zero-order chi connectivity index (χ0) is 22.1. The number of likely N-dealkylation sites (tertiary alicyclic amines) is 1. The molecule has 5 rings (SSSR count). The quantitative estimate of drug-likeness (QED) is 0.509. The van der Waals surface area contributed by atoms with Crippen LogP contribution in [0.25, 0.3) is 0 Å². The van der Waals surface area contributed by atoms with Crippen molar-refractivity contribution in [1.29, 1.82) is 0 Å². The number of aryl methyl sites for hydroxylation is 1. The van der Waals surface area contributed by atoms with E-state index in [2.05, 4.69) is 60.4 Å². The van der Waals surface area contributed by atoms with E-state index in [9.17, 15) is 4.79 Å². The average molecular weight is 445 g/mol. The molecule has 1 fully saturated rings. The van der Waals surface area contributed by atoms with Gasteiger partial charge in [-0.15, -0.1) is 0 Å². The van der Waals surface area contributed by atoms with Crippen LogP contribution in [0.1, 0.15) is 35.1 Å². The number of halogens is 1. The summed E-state index contributed by atoms with van der Waals surface area (Å²) in [5.41, 5.74) is 6.16. The predicted octanol–water partition coefficient (Wildman–Crippen LogP) is 5.77. The van der Waals surface area contributed by atoms with E-state index >= 15 is 0 Å². The molecule has 1 spiro atoms. The molecule has 0 radical (unpaired) electrons. The molecule has 2 aliphatic heterocycles. The molecule has 3 aromatic carbocycles. The van der Waals surface area contributed by atoms with Crippen molar-refractivity contribution >= 4 is 23.2 Å². The van der Waals surface area contributed by atoms with E-state index in [-0.39, 0.29) is 11.3 Å². The third kappa shape index (κ3) is 4.20. The van der Waals surface area contributed by atoms with Gasteiger partial charge in [-0.25, -0.2) is 0 Å². The van der Waals surface area contributed by atoms with E-state index in [1.807, 2.05) is 29.2 Å². The topological polar surface area (TPSA) is 23.6 Å². The van der Waals surface area contributed by atoms with Gasteiger partial charge in [0.2, 0.25) is 5.91 Å². The highest BCUT2D eigenvalue weighted by Gasteiger charge is 2.46. The largest absolute Gasteiger partial charge is 0.311 e. The van der Waals surface area contributed by atoms with E-state index < -0.39 is 0 Å². The first-order valence-corrected chi connectivity index (χ1v) is 11.8. The van der Waals surface area contributed by atoms with Gasteiger partial charge in [0.05, 0.1) is 6.42 Å². The van der Waals surface area contributed by atoms with E-state index in [1.165, 1.54) is 16.7 Å². The fraction of sp³-hybridized carbons (Fsp3) is 0.321. The van der Waals surface area contributed by atoms with Crippen molar-refractivity contribution in [3.05, 3.63) is 100 Å². The van der Waals surface area contributed by atoms with E-state index in [0.717, 1.165) is 50.3 Å². The maximum atomic E-state index is 13.4. The maximum absolute atomic E-state index is 13.4. The Labute approximate surface area is 195 Å². The Morgan fingerprint density at radius 3 is 2.38 bits per heavy atom. The molecule has 4 heteroatoms. The fourth-order valence-electron chi connectivity index (χ4n) is 5.29. The van der Waals surface area contributed by atoms with Gasteiger partial charge in [-0.2, -0.15) is 0 Å². The molecule has 0 atom stereocenters. The smallest absolute Gasteiger partial charge is 0.231 e. The molecule has 0 N–H and O–H groups in total. The third-order valence-electron chi connectivity index (χ3n) is 7.11. The number of benzene rings is 3. The second kappa shape index (κ2) is 8.73. The van der Waals surface area contributed by atoms with Crippen molar-refractivity contribution in [3.63, 3.8) is 0 Å². The van der Waals surface area contributed by atoms with E-state index in [4.69, 9.17) is 11.6 Å². The Bertz CT molecular complexity index is 1100. The lowest BCUT2D eigenvalue weighted by molar-refractivity contribution is -0.118. The Balaban J connectivity index is 1.35. The first-order valence-electron chi connectivity index (χ1n) is 11.4. The highest BCUT2D eigenvalue weighted by molar-refractivity contribution is 6.30. The molecular formula is C28H29ClN2O. The van der Waals surface area contributed by atoms with Gasteiger partial charge in [-0.3, -0.25) is 9.69 Å². The minimum Gasteiger partial charge on any atom is -0.311 e. The van der Waals surface area contributed by atoms with Gasteiger partial charge in [0.1, 0.15) is 0 Å². The molecule has 164 valence electrons. The van der Waals surface area contributed by atoms with Gasteiger partial charge in [-0.05, 0) is 67.7 Å². The van der Waals surface area contributed by atoms with E-state index in [1.54, 1.807) is 0 Å². The van der Waals surface area contributed by atoms with Crippen LogP contribution in [0.2, 0.25) is 5.02 Å². The van der Waals surface area contributed by atoms with Crippen LogP contribution in [0.4, 0.5) is 5.69 Å². The summed E-state index contributed by atoms with van der Waals surface area (Å²) in [5, 5.41) is 0.699. The van der Waals surface area contributed by atoms with Gasteiger partial charge in [0, 0.05) is 29.2 Å². The Morgan fingerprint density at radius 2 is 1.66 bits per heavy atom. The van der Waals surface area contributed by atoms with Crippen LogP contribution in [-0.2, 0) is 23.2 Å². The number of nitrogens with zero attached hydrogens (tertiary/aromatic N) is 2. The molecule has 1 saturated heterocycles. The van der Waals surface area contributed by atoms with E-state index in [0.29, 0.717) is 11.4 Å². The fourth-order valence-corrected chi connectivity index (χ4v) is 5.41. The summed E-state index contributed by atoms with van der Waals surface area (Å²) < 4.78 is 0. The zero-order valence-electron chi connectivity index (χ0n) is 18.6. The molecule has 0 unspecified atom stereocenters. The number of rotatable bonds is 4. The summed E-state index contributed by atoms with van der Waals surface area (Å²) >= 11 is 6.02. The van der Waals surface area contributed by atoms with Gasteiger partial charge in [0.25, 0.3) is 0 Å². The summed E-state index contributed by atoms with van der Waals surface area (Å²) in [4.78, 5) is 17.9. The molecular weight excluding hydrogens is 416 g/mol. The minimum atomic E-state index is 0.0597. The number of piperidine rings is 1. The van der Waals surface area contributed by atoms with Crippen LogP contribution >= 0.6 is 11.6 Å². The predicted molar refractivity (Wildman–Crippen MR) is 131 cm³/mol. The lowest BCUT2D eigenvalue weighted by Crippen LogP contribution is -2.46. The standard InChI is InChI=1S/C28H29ClN2O/c1-21-7-12-26-25(17-21)28(13-15-30(16-14-28)19-23-5-3-2-4-6-23)20-31(26)27(32)18-22-8-10-24(29)11-9-22/h2-12,17H,13-16,18-20H2,1H3. The summed E-state index contributed by atoms with van der Waals surface area (Å²) in [6.07, 6.45) is 2.57. The molecule has 2 aliphatic rings. The maximum Gasteiger partial charge on any atom is 0.231 e. The summed E-state index contributed by atoms with van der Waals surface area (Å²) in [5.74, 6) is 0.168. The Morgan fingerprint density at radius 1 is 0.938 bits per heavy atom. The number of amides is 1. The molecule has 0 bridgehead atoms. The first-order chi connectivity index (χ1) is 15.5. The van der Waals surface area contributed by atoms with Gasteiger partial charge < -0.3 is 4.90 Å². The molecule has 32 heavy (non-hydrogen) atoms. The van der Waals surface area contributed by atoms with Crippen molar-refractivity contribution in [3.8, 4) is 0 Å². The first kappa shape index (κ1) is 21.2. The minimum absolute atomic E-state index is 0.0597. The highest BCUT2D eigenvalue weighted by Crippen LogP contribution is 2.47. The average Bonchev–Trinajstić information content (AvgIpc) is 3.11. The van der Waals surface area contributed by atoms with Crippen LogP contribution in [0.15, 0.2) is 72.8 Å². The number of hydrogen-bond acceptors (Lipinski definition) is 2. The molecule has 2 heterocycles. The summed E-state index contributed by atoms with van der Waals surface area (Å²) in [6, 6.07) is 24.9. The number of fused-ring (bicyclic) bond motifs is 2. The van der Waals surface area contributed by atoms with Crippen molar-refractivity contribution in [2.75, 3.05) is 24.5 Å². The Hall–Kier alpha value is -2.62. The molecule has 0 aromatic heterocycles. The third-order valence-corrected chi connectivity index (χ3v) is 7.36. The highest BCUT2D eigenvalue weighted by atomic mass is 35.5. The van der Waals surface area contributed by atoms with Crippen molar-refractivity contribution < 1.29 is 4.79 Å². The van der Waals surface area contributed by atoms with Crippen LogP contribution in [0, 0.1) is 6.92 Å². The van der Waals surface area contributed by atoms with Crippen LogP contribution in [0.3, 0.4) is 0 Å². The number of anilines is 1. The van der Waals surface area contributed by atoms with Crippen molar-refractivity contribution in [2.24, 2.45) is 0 Å². The van der Waals surface area contributed by atoms with Crippen LogP contribution < -0.4 is 4.90 Å². The van der Waals surface area contributed by atoms with Gasteiger partial charge in [0.15, 0.2) is 0 Å². The molecule has 1 amide bonds. The number of carbonyl (C=O) groups excluding carboxylic acids is 1. The monoisotopic (exact) mass is 444 g/mol. The molecule has 0 aliphatic carbocycles. The van der Waals surface area contributed by atoms with Crippen molar-refractivity contribution in [2.45, 2.75) is 38.1 Å². The molecule has 0 saturated carbocycles. The van der Waals surface area contributed by atoms with Crippen LogP contribution in [-0.4, -0.2) is 30.4 Å². The lowest BCUT2D eigenvalue weighted by Gasteiger charge is -2.40. The summed E-state index contributed by atoms with van der Waals surface area (Å²) in [6.45, 7) is 6.05. The molecule has 3 aromatic rings. The normalized spacial score (nSPS) is 17.5. The molecule has 3 nitrogen and oxygen atoms in total. The Kier molecular flexibility index (Phi) is 5.79. The number of carbonyl (C=O) groups is 1. The zero-order valence-corrected chi connectivity index (χ0v) is 19.3. The lowest BCUT2D eigenvalue weighted by atomic mass is 9.74. The SMILES string of the molecule is Cc1ccc2c(c1)C1(CCN(Cc3ccccc3)CC1)CN2C(=O)Cc1ccc(Cl)cc1. The second-order valence-electron chi connectivity index (χ2n) is 9.35. The van der Waals surface area contributed by atoms with Crippen LogP contribution in [0.5, 0.6) is 0 Å².